The number of aromatic nitrogens is 2. The summed E-state index contributed by atoms with van der Waals surface area (Å²) < 4.78 is 1.75. The summed E-state index contributed by atoms with van der Waals surface area (Å²) in [5.41, 5.74) is 4.81. The molecule has 1 N–H and O–H groups in total. The number of nitrogens with zero attached hydrogens (tertiary/aromatic N) is 3. The Labute approximate surface area is 173 Å². The lowest BCUT2D eigenvalue weighted by Gasteiger charge is -2.23. The first-order chi connectivity index (χ1) is 13.3. The van der Waals surface area contributed by atoms with Crippen LogP contribution in [0, 0.1) is 30.6 Å². The Bertz CT molecular complexity index is 994. The Morgan fingerprint density at radius 3 is 2.07 bits per heavy atom. The highest BCUT2D eigenvalue weighted by atomic mass is 16.4. The zero-order valence-electron chi connectivity index (χ0n) is 18.7. The fraction of sp³-hybridized carbons (Fsp3) is 0.458. The smallest absolute Gasteiger partial charge is 0.309 e. The SMILES string of the molecule is Cc1nn(C)c(/C(CC(C)(C)C(=O)O)=C(/C#N)c2ccc(C(C)(C)C)cc2)c1C. The second-order valence-electron chi connectivity index (χ2n) is 9.34. The van der Waals surface area contributed by atoms with E-state index in [0.29, 0.717) is 11.1 Å². The number of benzene rings is 1. The molecule has 1 heterocycles. The summed E-state index contributed by atoms with van der Waals surface area (Å²) in [5, 5.41) is 24.3. The zero-order valence-corrected chi connectivity index (χ0v) is 18.7. The highest BCUT2D eigenvalue weighted by Gasteiger charge is 2.32. The molecule has 0 bridgehead atoms. The van der Waals surface area contributed by atoms with Gasteiger partial charge in [-0.15, -0.1) is 0 Å². The fourth-order valence-electron chi connectivity index (χ4n) is 3.44. The Balaban J connectivity index is 2.77. The molecule has 29 heavy (non-hydrogen) atoms. The first-order valence-corrected chi connectivity index (χ1v) is 9.77. The number of hydrogen-bond acceptors (Lipinski definition) is 3. The summed E-state index contributed by atoms with van der Waals surface area (Å²) in [4.78, 5) is 11.8. The van der Waals surface area contributed by atoms with E-state index in [2.05, 4.69) is 31.9 Å². The predicted octanol–water partition coefficient (Wildman–Crippen LogP) is 5.27. The Morgan fingerprint density at radius 1 is 1.14 bits per heavy atom. The molecule has 0 saturated heterocycles. The van der Waals surface area contributed by atoms with Gasteiger partial charge < -0.3 is 5.11 Å². The molecule has 0 spiro atoms. The highest BCUT2D eigenvalue weighted by Crippen LogP contribution is 2.38. The second kappa shape index (κ2) is 7.87. The Hall–Kier alpha value is -2.87. The Kier molecular flexibility index (Phi) is 6.08. The molecule has 0 amide bonds. The number of allylic oxidation sites excluding steroid dienone is 2. The summed E-state index contributed by atoms with van der Waals surface area (Å²) in [6, 6.07) is 10.3. The number of carbonyl (C=O) groups is 1. The summed E-state index contributed by atoms with van der Waals surface area (Å²) in [7, 11) is 1.83. The first kappa shape index (κ1) is 22.4. The van der Waals surface area contributed by atoms with Gasteiger partial charge in [-0.2, -0.15) is 10.4 Å². The minimum atomic E-state index is -1.02. The van der Waals surface area contributed by atoms with Crippen LogP contribution in [-0.4, -0.2) is 20.9 Å². The zero-order chi connectivity index (χ0) is 22.1. The number of aryl methyl sites for hydroxylation is 2. The van der Waals surface area contributed by atoms with Gasteiger partial charge in [-0.3, -0.25) is 9.48 Å². The molecule has 0 aliphatic heterocycles. The lowest BCUT2D eigenvalue weighted by Crippen LogP contribution is -2.24. The molecule has 154 valence electrons. The monoisotopic (exact) mass is 393 g/mol. The molecule has 5 heteroatoms. The largest absolute Gasteiger partial charge is 0.481 e. The third-order valence-corrected chi connectivity index (χ3v) is 5.46. The standard InChI is InChI=1S/C24H31N3O2/c1-15-16(2)26-27(8)21(15)19(13-24(6,7)22(28)29)20(14-25)17-9-11-18(12-10-17)23(3,4)5/h9-12H,13H2,1-8H3,(H,28,29)/b20-19-. The number of carboxylic acid groups (broad SMARTS) is 1. The quantitative estimate of drug-likeness (QED) is 0.702. The van der Waals surface area contributed by atoms with Crippen molar-refractivity contribution in [3.63, 3.8) is 0 Å². The maximum absolute atomic E-state index is 11.8. The number of carboxylic acids is 1. The second-order valence-corrected chi connectivity index (χ2v) is 9.34. The van der Waals surface area contributed by atoms with Crippen molar-refractivity contribution in [2.45, 2.75) is 60.3 Å². The molecular weight excluding hydrogens is 362 g/mol. The molecule has 1 aromatic carbocycles. The third kappa shape index (κ3) is 4.59. The topological polar surface area (TPSA) is 78.9 Å². The van der Waals surface area contributed by atoms with Crippen LogP contribution in [0.25, 0.3) is 11.1 Å². The van der Waals surface area contributed by atoms with Crippen LogP contribution in [0.2, 0.25) is 0 Å². The van der Waals surface area contributed by atoms with E-state index in [9.17, 15) is 15.2 Å². The molecule has 2 aromatic rings. The van der Waals surface area contributed by atoms with Crippen molar-refractivity contribution in [2.75, 3.05) is 0 Å². The van der Waals surface area contributed by atoms with Gasteiger partial charge in [0.1, 0.15) is 6.07 Å². The normalized spacial score (nSPS) is 13.1. The number of aliphatic carboxylic acids is 1. The minimum absolute atomic E-state index is 0.0128. The lowest BCUT2D eigenvalue weighted by molar-refractivity contribution is -0.146. The lowest BCUT2D eigenvalue weighted by atomic mass is 9.80. The van der Waals surface area contributed by atoms with Crippen LogP contribution in [-0.2, 0) is 17.3 Å². The molecule has 0 fully saturated rings. The van der Waals surface area contributed by atoms with Gasteiger partial charge >= 0.3 is 5.97 Å². The van der Waals surface area contributed by atoms with E-state index in [4.69, 9.17) is 0 Å². The van der Waals surface area contributed by atoms with E-state index in [1.54, 1.807) is 18.5 Å². The van der Waals surface area contributed by atoms with E-state index in [0.717, 1.165) is 22.5 Å². The highest BCUT2D eigenvalue weighted by molar-refractivity contribution is 5.98. The number of nitriles is 1. The van der Waals surface area contributed by atoms with Gasteiger partial charge in [-0.1, -0.05) is 45.0 Å². The minimum Gasteiger partial charge on any atom is -0.481 e. The molecule has 0 unspecified atom stereocenters. The molecule has 5 nitrogen and oxygen atoms in total. The van der Waals surface area contributed by atoms with E-state index in [1.165, 1.54) is 5.56 Å². The van der Waals surface area contributed by atoms with Gasteiger partial charge in [0.15, 0.2) is 0 Å². The van der Waals surface area contributed by atoms with Crippen molar-refractivity contribution in [2.24, 2.45) is 12.5 Å². The van der Waals surface area contributed by atoms with Crippen molar-refractivity contribution in [3.05, 3.63) is 52.3 Å². The molecule has 0 saturated carbocycles. The van der Waals surface area contributed by atoms with Crippen LogP contribution in [0.5, 0.6) is 0 Å². The van der Waals surface area contributed by atoms with Gasteiger partial charge in [0.25, 0.3) is 0 Å². The van der Waals surface area contributed by atoms with Crippen LogP contribution >= 0.6 is 0 Å². The van der Waals surface area contributed by atoms with Crippen molar-refractivity contribution in [1.29, 1.82) is 5.26 Å². The van der Waals surface area contributed by atoms with Crippen LogP contribution in [0.15, 0.2) is 24.3 Å². The summed E-state index contributed by atoms with van der Waals surface area (Å²) in [6.07, 6.45) is 0.228. The van der Waals surface area contributed by atoms with Crippen LogP contribution < -0.4 is 0 Å². The van der Waals surface area contributed by atoms with Gasteiger partial charge in [0.05, 0.1) is 22.4 Å². The van der Waals surface area contributed by atoms with Gasteiger partial charge in [-0.05, 0) is 61.8 Å². The fourth-order valence-corrected chi connectivity index (χ4v) is 3.44. The van der Waals surface area contributed by atoms with Crippen molar-refractivity contribution >= 4 is 17.1 Å². The molecular formula is C24H31N3O2. The Morgan fingerprint density at radius 2 is 1.69 bits per heavy atom. The van der Waals surface area contributed by atoms with Gasteiger partial charge in [0, 0.05) is 7.05 Å². The average molecular weight is 394 g/mol. The van der Waals surface area contributed by atoms with Crippen molar-refractivity contribution in [1.82, 2.24) is 9.78 Å². The first-order valence-electron chi connectivity index (χ1n) is 9.77. The summed E-state index contributed by atoms with van der Waals surface area (Å²) in [5.74, 6) is -0.896. The molecule has 2 rings (SSSR count). The summed E-state index contributed by atoms with van der Waals surface area (Å²) >= 11 is 0. The van der Waals surface area contributed by atoms with Crippen molar-refractivity contribution in [3.8, 4) is 6.07 Å². The molecule has 0 aliphatic carbocycles. The van der Waals surface area contributed by atoms with Crippen LogP contribution in [0.3, 0.4) is 0 Å². The maximum Gasteiger partial charge on any atom is 0.309 e. The third-order valence-electron chi connectivity index (χ3n) is 5.46. The molecule has 0 radical (unpaired) electrons. The number of hydrogen-bond donors (Lipinski definition) is 1. The predicted molar refractivity (Wildman–Crippen MR) is 116 cm³/mol. The van der Waals surface area contributed by atoms with E-state index in [-0.39, 0.29) is 11.8 Å². The molecule has 1 aromatic heterocycles. The van der Waals surface area contributed by atoms with E-state index < -0.39 is 11.4 Å². The molecule has 0 atom stereocenters. The summed E-state index contributed by atoms with van der Waals surface area (Å²) in [6.45, 7) is 13.7. The van der Waals surface area contributed by atoms with Crippen molar-refractivity contribution < 1.29 is 9.90 Å². The van der Waals surface area contributed by atoms with Crippen LogP contribution in [0.1, 0.15) is 69.1 Å². The van der Waals surface area contributed by atoms with E-state index >= 15 is 0 Å². The maximum atomic E-state index is 11.8. The molecule has 0 aliphatic rings. The van der Waals surface area contributed by atoms with E-state index in [1.807, 2.05) is 45.2 Å². The van der Waals surface area contributed by atoms with Gasteiger partial charge in [0.2, 0.25) is 0 Å². The van der Waals surface area contributed by atoms with Crippen LogP contribution in [0.4, 0.5) is 0 Å². The number of rotatable bonds is 5. The average Bonchev–Trinajstić information content (AvgIpc) is 2.86. The van der Waals surface area contributed by atoms with Gasteiger partial charge in [-0.25, -0.2) is 0 Å².